The van der Waals surface area contributed by atoms with Crippen molar-refractivity contribution >= 4 is 40.5 Å². The number of nitrogens with zero attached hydrogens (tertiary/aromatic N) is 2. The van der Waals surface area contributed by atoms with Crippen LogP contribution >= 0.6 is 11.6 Å². The molecule has 184 valence electrons. The normalized spacial score (nSPS) is 20.3. The van der Waals surface area contributed by atoms with E-state index in [9.17, 15) is 19.2 Å². The average Bonchev–Trinajstić information content (AvgIpc) is 3.20. The predicted octanol–water partition coefficient (Wildman–Crippen LogP) is 6.32. The molecule has 1 saturated carbocycles. The van der Waals surface area contributed by atoms with Gasteiger partial charge >= 0.3 is 0 Å². The fourth-order valence-electron chi connectivity index (χ4n) is 5.38. The minimum absolute atomic E-state index is 0.0321. The molecule has 3 aromatic rings. The number of rotatable bonds is 3. The monoisotopic (exact) mass is 505 g/mol. The maximum Gasteiger partial charge on any atom is 0.258 e. The summed E-state index contributed by atoms with van der Waals surface area (Å²) in [5, 5.41) is 16.1. The number of oxime groups is 1. The molecule has 1 aliphatic carbocycles. The second-order valence-corrected chi connectivity index (χ2v) is 9.76. The summed E-state index contributed by atoms with van der Waals surface area (Å²) in [5.41, 5.74) is 3.48. The molecular weight excluding hydrogens is 481 g/mol. The van der Waals surface area contributed by atoms with Crippen molar-refractivity contribution in [2.75, 3.05) is 16.8 Å². The van der Waals surface area contributed by atoms with E-state index in [1.54, 1.807) is 29.2 Å². The van der Waals surface area contributed by atoms with Crippen molar-refractivity contribution in [1.29, 1.82) is 0 Å². The first-order valence-corrected chi connectivity index (χ1v) is 12.3. The number of para-hydroxylation sites is 1. The average molecular weight is 506 g/mol. The smallest absolute Gasteiger partial charge is 0.258 e. The number of hydrogen-bond donors (Lipinski definition) is 2. The topological polar surface area (TPSA) is 82.0 Å². The summed E-state index contributed by atoms with van der Waals surface area (Å²) in [6, 6.07) is 18.1. The molecule has 0 unspecified atom stereocenters. The Morgan fingerprint density at radius 3 is 2.61 bits per heavy atom. The number of hydrogen-bond acceptors (Lipinski definition) is 4. The lowest BCUT2D eigenvalue weighted by Crippen LogP contribution is -2.35. The molecule has 0 saturated heterocycles. The quantitative estimate of drug-likeness (QED) is 0.322. The lowest BCUT2D eigenvalue weighted by Gasteiger charge is -2.28. The molecule has 2 aliphatic rings. The van der Waals surface area contributed by atoms with E-state index < -0.39 is 11.7 Å². The Morgan fingerprint density at radius 2 is 1.83 bits per heavy atom. The van der Waals surface area contributed by atoms with Crippen LogP contribution in [0.4, 0.5) is 15.8 Å². The third-order valence-electron chi connectivity index (χ3n) is 7.23. The molecule has 6 nitrogen and oxygen atoms in total. The zero-order valence-corrected chi connectivity index (χ0v) is 20.3. The zero-order chi connectivity index (χ0) is 25.3. The summed E-state index contributed by atoms with van der Waals surface area (Å²) in [6.45, 7) is 0.505. The van der Waals surface area contributed by atoms with Gasteiger partial charge in [-0.25, -0.2) is 4.39 Å². The minimum Gasteiger partial charge on any atom is -0.411 e. The summed E-state index contributed by atoms with van der Waals surface area (Å²) in [6.07, 6.45) is 4.14. The molecule has 1 fully saturated rings. The molecular formula is C28H25ClFN3O3. The Hall–Kier alpha value is -3.71. The fourth-order valence-corrected chi connectivity index (χ4v) is 5.58. The van der Waals surface area contributed by atoms with Crippen LogP contribution in [-0.2, 0) is 6.42 Å². The van der Waals surface area contributed by atoms with Crippen molar-refractivity contribution < 1.29 is 19.2 Å². The molecule has 2 amide bonds. The summed E-state index contributed by atoms with van der Waals surface area (Å²) < 4.78 is 13.5. The first kappa shape index (κ1) is 24.0. The molecule has 1 aliphatic heterocycles. The van der Waals surface area contributed by atoms with E-state index in [1.807, 2.05) is 24.3 Å². The van der Waals surface area contributed by atoms with Gasteiger partial charge in [-0.3, -0.25) is 9.59 Å². The molecule has 1 heterocycles. The van der Waals surface area contributed by atoms with Crippen molar-refractivity contribution in [2.24, 2.45) is 10.6 Å². The number of nitrogens with one attached hydrogen (secondary N) is 1. The number of carbonyl (C=O) groups is 2. The number of benzene rings is 3. The van der Waals surface area contributed by atoms with Gasteiger partial charge in [-0.2, -0.15) is 0 Å². The lowest BCUT2D eigenvalue weighted by atomic mass is 9.76. The van der Waals surface area contributed by atoms with Crippen LogP contribution in [0.2, 0.25) is 5.02 Å². The van der Waals surface area contributed by atoms with Crippen molar-refractivity contribution in [3.63, 3.8) is 0 Å². The third-order valence-corrected chi connectivity index (χ3v) is 7.56. The van der Waals surface area contributed by atoms with Crippen molar-refractivity contribution in [3.8, 4) is 0 Å². The van der Waals surface area contributed by atoms with Crippen LogP contribution in [0, 0.1) is 11.2 Å². The molecule has 3 aromatic carbocycles. The Kier molecular flexibility index (Phi) is 6.49. The Balaban J connectivity index is 1.37. The van der Waals surface area contributed by atoms with Gasteiger partial charge in [-0.1, -0.05) is 35.0 Å². The van der Waals surface area contributed by atoms with Gasteiger partial charge < -0.3 is 15.4 Å². The number of fused-ring (bicyclic) bond motifs is 1. The van der Waals surface area contributed by atoms with Gasteiger partial charge in [0.05, 0.1) is 16.3 Å². The number of anilines is 2. The second kappa shape index (κ2) is 9.74. The molecule has 8 heteroatoms. The van der Waals surface area contributed by atoms with Crippen LogP contribution < -0.4 is 10.2 Å². The standard InChI is InChI=1S/C28H25ClFN3O3/c29-23-12-9-20(30)16-22(23)26(34)31-21-10-7-18(8-11-21)27(35)33-15-14-28(13-3-6-25(28)32-36)17-19-4-1-2-5-24(19)33/h1-2,4-5,7-12,16,36H,3,6,13-15,17H2,(H,31,34)/t28-/m0/s1. The number of halogens is 2. The highest BCUT2D eigenvalue weighted by Gasteiger charge is 2.43. The number of carbonyl (C=O) groups excluding carboxylic acids is 2. The molecule has 2 N–H and O–H groups in total. The molecule has 5 rings (SSSR count). The highest BCUT2D eigenvalue weighted by molar-refractivity contribution is 6.34. The van der Waals surface area contributed by atoms with Gasteiger partial charge in [0.2, 0.25) is 0 Å². The van der Waals surface area contributed by atoms with Crippen LogP contribution in [0.15, 0.2) is 71.9 Å². The van der Waals surface area contributed by atoms with Crippen LogP contribution in [0.5, 0.6) is 0 Å². The van der Waals surface area contributed by atoms with E-state index in [2.05, 4.69) is 10.5 Å². The van der Waals surface area contributed by atoms with E-state index in [0.29, 0.717) is 17.8 Å². The Morgan fingerprint density at radius 1 is 1.06 bits per heavy atom. The number of amides is 2. The molecule has 1 spiro atoms. The van der Waals surface area contributed by atoms with Gasteiger partial charge in [0, 0.05) is 28.9 Å². The predicted molar refractivity (Wildman–Crippen MR) is 138 cm³/mol. The van der Waals surface area contributed by atoms with E-state index >= 15 is 0 Å². The van der Waals surface area contributed by atoms with E-state index in [0.717, 1.165) is 55.1 Å². The molecule has 1 atom stereocenters. The lowest BCUT2D eigenvalue weighted by molar-refractivity contribution is 0.0984. The SMILES string of the molecule is O=C(Nc1ccc(C(=O)N2CC[C@@]3(CCCC3=NO)Cc3ccccc32)cc1)c1cc(F)ccc1Cl. The first-order chi connectivity index (χ1) is 17.4. The largest absolute Gasteiger partial charge is 0.411 e. The fraction of sp³-hybridized carbons (Fsp3) is 0.250. The third kappa shape index (κ3) is 4.46. The van der Waals surface area contributed by atoms with Crippen molar-refractivity contribution in [3.05, 3.63) is 94.3 Å². The molecule has 0 radical (unpaired) electrons. The highest BCUT2D eigenvalue weighted by Crippen LogP contribution is 2.46. The molecule has 36 heavy (non-hydrogen) atoms. The Labute approximate surface area is 213 Å². The zero-order valence-electron chi connectivity index (χ0n) is 19.5. The van der Waals surface area contributed by atoms with Gasteiger partial charge in [0.1, 0.15) is 5.82 Å². The molecule has 0 aromatic heterocycles. The molecule has 0 bridgehead atoms. The summed E-state index contributed by atoms with van der Waals surface area (Å²) >= 11 is 6.03. The second-order valence-electron chi connectivity index (χ2n) is 9.35. The van der Waals surface area contributed by atoms with Crippen LogP contribution in [0.1, 0.15) is 52.0 Å². The van der Waals surface area contributed by atoms with Crippen molar-refractivity contribution in [2.45, 2.75) is 32.1 Å². The van der Waals surface area contributed by atoms with Crippen LogP contribution in [-0.4, -0.2) is 29.3 Å². The van der Waals surface area contributed by atoms with E-state index in [1.165, 1.54) is 12.1 Å². The summed E-state index contributed by atoms with van der Waals surface area (Å²) in [5.74, 6) is -1.24. The Bertz CT molecular complexity index is 1360. The van der Waals surface area contributed by atoms with E-state index in [-0.39, 0.29) is 21.9 Å². The summed E-state index contributed by atoms with van der Waals surface area (Å²) in [4.78, 5) is 27.9. The van der Waals surface area contributed by atoms with Gasteiger partial charge in [-0.05, 0) is 86.2 Å². The van der Waals surface area contributed by atoms with Gasteiger partial charge in [-0.15, -0.1) is 0 Å². The minimum atomic E-state index is -0.556. The highest BCUT2D eigenvalue weighted by atomic mass is 35.5. The first-order valence-electron chi connectivity index (χ1n) is 11.9. The van der Waals surface area contributed by atoms with Crippen molar-refractivity contribution in [1.82, 2.24) is 0 Å². The van der Waals surface area contributed by atoms with Gasteiger partial charge in [0.25, 0.3) is 11.8 Å². The van der Waals surface area contributed by atoms with Gasteiger partial charge in [0.15, 0.2) is 0 Å². The van der Waals surface area contributed by atoms with Crippen LogP contribution in [0.25, 0.3) is 0 Å². The van der Waals surface area contributed by atoms with Crippen LogP contribution in [0.3, 0.4) is 0 Å². The van der Waals surface area contributed by atoms with E-state index in [4.69, 9.17) is 11.6 Å². The maximum absolute atomic E-state index is 13.6. The summed E-state index contributed by atoms with van der Waals surface area (Å²) in [7, 11) is 0. The maximum atomic E-state index is 13.6.